The Bertz CT molecular complexity index is 435. The normalized spacial score (nSPS) is 10.7. The molecule has 2 N–H and O–H groups in total. The van der Waals surface area contributed by atoms with Crippen LogP contribution in [0.3, 0.4) is 0 Å². The second kappa shape index (κ2) is 5.60. The number of hydrogen-bond acceptors (Lipinski definition) is 2. The molecule has 0 spiro atoms. The summed E-state index contributed by atoms with van der Waals surface area (Å²) in [5, 5.41) is 10.9. The first-order chi connectivity index (χ1) is 7.50. The number of anilines is 1. The average molecular weight is 292 g/mol. The van der Waals surface area contributed by atoms with E-state index < -0.39 is 17.6 Å². The first kappa shape index (κ1) is 12.6. The lowest BCUT2D eigenvalue weighted by atomic mass is 10.3. The fourth-order valence-electron chi connectivity index (χ4n) is 0.987. The molecule has 0 amide bonds. The van der Waals surface area contributed by atoms with Crippen LogP contribution in [0.2, 0.25) is 0 Å². The molecule has 0 atom stereocenters. The van der Waals surface area contributed by atoms with Crippen molar-refractivity contribution in [3.05, 3.63) is 40.4 Å². The van der Waals surface area contributed by atoms with Gasteiger partial charge < -0.3 is 10.4 Å². The quantitative estimate of drug-likeness (QED) is 0.662. The van der Waals surface area contributed by atoms with Crippen LogP contribution < -0.4 is 5.32 Å². The summed E-state index contributed by atoms with van der Waals surface area (Å²) in [7, 11) is 0. The van der Waals surface area contributed by atoms with Crippen molar-refractivity contribution in [3.8, 4) is 0 Å². The minimum atomic E-state index is -1.08. The lowest BCUT2D eigenvalue weighted by Gasteiger charge is -2.05. The fourth-order valence-corrected chi connectivity index (χ4v) is 1.33. The van der Waals surface area contributed by atoms with Gasteiger partial charge in [0.1, 0.15) is 11.6 Å². The van der Waals surface area contributed by atoms with Gasteiger partial charge in [-0.2, -0.15) is 0 Å². The molecule has 1 aromatic carbocycles. The van der Waals surface area contributed by atoms with Crippen molar-refractivity contribution in [1.82, 2.24) is 0 Å². The van der Waals surface area contributed by atoms with Crippen molar-refractivity contribution in [2.45, 2.75) is 0 Å². The van der Waals surface area contributed by atoms with Gasteiger partial charge in [0, 0.05) is 18.7 Å². The first-order valence-electron chi connectivity index (χ1n) is 4.28. The van der Waals surface area contributed by atoms with Crippen LogP contribution >= 0.6 is 15.9 Å². The van der Waals surface area contributed by atoms with E-state index in [4.69, 9.17) is 5.11 Å². The Morgan fingerprint density at radius 1 is 1.44 bits per heavy atom. The van der Waals surface area contributed by atoms with Crippen LogP contribution in [0.1, 0.15) is 0 Å². The Labute approximate surface area is 98.9 Å². The molecule has 0 saturated heterocycles. The third-order valence-electron chi connectivity index (χ3n) is 1.68. The number of benzene rings is 1. The molecule has 0 radical (unpaired) electrons. The zero-order valence-corrected chi connectivity index (χ0v) is 9.59. The topological polar surface area (TPSA) is 49.3 Å². The van der Waals surface area contributed by atoms with E-state index in [2.05, 4.69) is 21.2 Å². The SMILES string of the molecule is O=C(O)/C=C/CNc1cc(Br)c(F)cc1F. The predicted molar refractivity (Wildman–Crippen MR) is 59.3 cm³/mol. The number of rotatable bonds is 4. The third-order valence-corrected chi connectivity index (χ3v) is 2.29. The summed E-state index contributed by atoms with van der Waals surface area (Å²) in [5.74, 6) is -2.50. The zero-order chi connectivity index (χ0) is 12.1. The van der Waals surface area contributed by atoms with Gasteiger partial charge >= 0.3 is 5.97 Å². The van der Waals surface area contributed by atoms with E-state index >= 15 is 0 Å². The van der Waals surface area contributed by atoms with Gasteiger partial charge in [-0.1, -0.05) is 6.08 Å². The maximum atomic E-state index is 13.2. The van der Waals surface area contributed by atoms with Crippen molar-refractivity contribution in [2.24, 2.45) is 0 Å². The fraction of sp³-hybridized carbons (Fsp3) is 0.100. The molecule has 16 heavy (non-hydrogen) atoms. The summed E-state index contributed by atoms with van der Waals surface area (Å²) >= 11 is 2.92. The van der Waals surface area contributed by atoms with E-state index in [1.54, 1.807) is 0 Å². The summed E-state index contributed by atoms with van der Waals surface area (Å²) in [6, 6.07) is 1.99. The summed E-state index contributed by atoms with van der Waals surface area (Å²) in [4.78, 5) is 10.1. The number of nitrogens with one attached hydrogen (secondary N) is 1. The van der Waals surface area contributed by atoms with Gasteiger partial charge in [0.2, 0.25) is 0 Å². The molecule has 0 aliphatic carbocycles. The Hall–Kier alpha value is -1.43. The second-order valence-corrected chi connectivity index (χ2v) is 3.72. The van der Waals surface area contributed by atoms with Crippen LogP contribution in [0.25, 0.3) is 0 Å². The summed E-state index contributed by atoms with van der Waals surface area (Å²) in [6.07, 6.45) is 2.25. The minimum Gasteiger partial charge on any atom is -0.478 e. The van der Waals surface area contributed by atoms with Crippen molar-refractivity contribution in [1.29, 1.82) is 0 Å². The predicted octanol–water partition coefficient (Wildman–Crippen LogP) is 2.78. The highest BCUT2D eigenvalue weighted by atomic mass is 79.9. The van der Waals surface area contributed by atoms with Crippen molar-refractivity contribution >= 4 is 27.6 Å². The number of carboxylic acid groups (broad SMARTS) is 1. The van der Waals surface area contributed by atoms with Crippen LogP contribution in [0, 0.1) is 11.6 Å². The zero-order valence-electron chi connectivity index (χ0n) is 8.01. The average Bonchev–Trinajstić information content (AvgIpc) is 2.19. The smallest absolute Gasteiger partial charge is 0.328 e. The summed E-state index contributed by atoms with van der Waals surface area (Å²) in [6.45, 7) is 0.140. The van der Waals surface area contributed by atoms with Crippen molar-refractivity contribution in [3.63, 3.8) is 0 Å². The van der Waals surface area contributed by atoms with Crippen molar-refractivity contribution in [2.75, 3.05) is 11.9 Å². The van der Waals surface area contributed by atoms with Crippen LogP contribution in [-0.4, -0.2) is 17.6 Å². The molecule has 0 heterocycles. The minimum absolute atomic E-state index is 0.100. The van der Waals surface area contributed by atoms with E-state index in [1.165, 1.54) is 12.1 Å². The van der Waals surface area contributed by atoms with Gasteiger partial charge in [-0.15, -0.1) is 0 Å². The molecule has 0 unspecified atom stereocenters. The molecule has 1 rings (SSSR count). The summed E-state index contributed by atoms with van der Waals surface area (Å²) < 4.78 is 26.1. The molecule has 0 fully saturated rings. The lowest BCUT2D eigenvalue weighted by molar-refractivity contribution is -0.131. The largest absolute Gasteiger partial charge is 0.478 e. The summed E-state index contributed by atoms with van der Waals surface area (Å²) in [5.41, 5.74) is 0.100. The van der Waals surface area contributed by atoms with Crippen LogP contribution in [0.5, 0.6) is 0 Å². The highest BCUT2D eigenvalue weighted by Gasteiger charge is 2.06. The van der Waals surface area contributed by atoms with Gasteiger partial charge in [-0.25, -0.2) is 13.6 Å². The molecular weight excluding hydrogens is 284 g/mol. The Morgan fingerprint density at radius 3 is 2.75 bits per heavy atom. The van der Waals surface area contributed by atoms with Gasteiger partial charge in [0.05, 0.1) is 10.2 Å². The van der Waals surface area contributed by atoms with E-state index in [0.717, 1.165) is 12.1 Å². The van der Waals surface area contributed by atoms with Gasteiger partial charge in [0.25, 0.3) is 0 Å². The molecule has 6 heteroatoms. The van der Waals surface area contributed by atoms with E-state index in [0.29, 0.717) is 0 Å². The van der Waals surface area contributed by atoms with Gasteiger partial charge in [0.15, 0.2) is 0 Å². The van der Waals surface area contributed by atoms with Crippen LogP contribution in [0.4, 0.5) is 14.5 Å². The number of carbonyl (C=O) groups is 1. The monoisotopic (exact) mass is 291 g/mol. The molecular formula is C10H8BrF2NO2. The molecule has 0 aliphatic rings. The van der Waals surface area contributed by atoms with Gasteiger partial charge in [-0.3, -0.25) is 0 Å². The molecule has 0 aliphatic heterocycles. The number of halogens is 3. The maximum Gasteiger partial charge on any atom is 0.328 e. The Morgan fingerprint density at radius 2 is 2.12 bits per heavy atom. The van der Waals surface area contributed by atoms with Crippen molar-refractivity contribution < 1.29 is 18.7 Å². The van der Waals surface area contributed by atoms with E-state index in [9.17, 15) is 13.6 Å². The van der Waals surface area contributed by atoms with Crippen LogP contribution in [-0.2, 0) is 4.79 Å². The maximum absolute atomic E-state index is 13.2. The molecule has 3 nitrogen and oxygen atoms in total. The highest BCUT2D eigenvalue weighted by molar-refractivity contribution is 9.10. The second-order valence-electron chi connectivity index (χ2n) is 2.87. The number of hydrogen-bond donors (Lipinski definition) is 2. The third kappa shape index (κ3) is 3.62. The first-order valence-corrected chi connectivity index (χ1v) is 5.08. The number of aliphatic carboxylic acids is 1. The van der Waals surface area contributed by atoms with E-state index in [1.807, 2.05) is 0 Å². The van der Waals surface area contributed by atoms with Gasteiger partial charge in [-0.05, 0) is 22.0 Å². The van der Waals surface area contributed by atoms with Crippen LogP contribution in [0.15, 0.2) is 28.8 Å². The molecule has 0 aromatic heterocycles. The van der Waals surface area contributed by atoms with E-state index in [-0.39, 0.29) is 16.7 Å². The standard InChI is InChI=1S/C10H8BrF2NO2/c11-6-4-9(8(13)5-7(6)12)14-3-1-2-10(15)16/h1-2,4-5,14H,3H2,(H,15,16)/b2-1+. The lowest BCUT2D eigenvalue weighted by Crippen LogP contribution is -2.02. The number of carboxylic acids is 1. The Kier molecular flexibility index (Phi) is 4.42. The molecule has 0 bridgehead atoms. The Balaban J connectivity index is 2.67. The highest BCUT2D eigenvalue weighted by Crippen LogP contribution is 2.23. The molecule has 0 saturated carbocycles. The molecule has 86 valence electrons. The molecule has 1 aromatic rings.